The van der Waals surface area contributed by atoms with Crippen LogP contribution in [0.3, 0.4) is 0 Å². The van der Waals surface area contributed by atoms with Gasteiger partial charge in [0, 0.05) is 30.4 Å². The zero-order valence-corrected chi connectivity index (χ0v) is 17.8. The third-order valence-corrected chi connectivity index (χ3v) is 7.67. The van der Waals surface area contributed by atoms with Crippen LogP contribution < -0.4 is 0 Å². The van der Waals surface area contributed by atoms with Crippen molar-refractivity contribution in [2.24, 2.45) is 0 Å². The standard InChI is InChI=1S/C21H21ClFN3O3S/c1-13-10-15(23)3-4-17(13)19-12-24-21(25-19)14-2-5-18(22)20(11-14)30(28,29)26-8-6-16(27)7-9-26/h2-5,10-12,16,27H,6-9H2,1H3,(H,24,25). The Morgan fingerprint density at radius 3 is 2.63 bits per heavy atom. The molecule has 4 rings (SSSR count). The van der Waals surface area contributed by atoms with E-state index in [4.69, 9.17) is 11.6 Å². The van der Waals surface area contributed by atoms with Gasteiger partial charge in [0.15, 0.2) is 0 Å². The summed E-state index contributed by atoms with van der Waals surface area (Å²) < 4.78 is 40.9. The third-order valence-electron chi connectivity index (χ3n) is 5.29. The Bertz CT molecular complexity index is 1190. The Kier molecular flexibility index (Phi) is 5.67. The molecule has 0 spiro atoms. The smallest absolute Gasteiger partial charge is 0.244 e. The molecule has 1 aliphatic heterocycles. The van der Waals surface area contributed by atoms with E-state index in [2.05, 4.69) is 9.97 Å². The first-order valence-corrected chi connectivity index (χ1v) is 11.4. The number of nitrogens with one attached hydrogen (secondary N) is 1. The van der Waals surface area contributed by atoms with E-state index in [0.717, 1.165) is 11.1 Å². The van der Waals surface area contributed by atoms with Gasteiger partial charge in [-0.1, -0.05) is 11.6 Å². The predicted octanol–water partition coefficient (Wildman–Crippen LogP) is 3.99. The number of imidazole rings is 1. The molecule has 0 amide bonds. The topological polar surface area (TPSA) is 86.3 Å². The van der Waals surface area contributed by atoms with Crippen LogP contribution >= 0.6 is 11.6 Å². The molecular weight excluding hydrogens is 429 g/mol. The second-order valence-electron chi connectivity index (χ2n) is 7.37. The van der Waals surface area contributed by atoms with Crippen LogP contribution in [0, 0.1) is 12.7 Å². The lowest BCUT2D eigenvalue weighted by atomic mass is 10.1. The van der Waals surface area contributed by atoms with Crippen molar-refractivity contribution < 1.29 is 17.9 Å². The van der Waals surface area contributed by atoms with E-state index in [1.54, 1.807) is 25.3 Å². The molecule has 30 heavy (non-hydrogen) atoms. The number of piperidine rings is 1. The number of halogens is 2. The van der Waals surface area contributed by atoms with Crippen molar-refractivity contribution in [2.75, 3.05) is 13.1 Å². The van der Waals surface area contributed by atoms with Crippen LogP contribution in [-0.2, 0) is 10.0 Å². The van der Waals surface area contributed by atoms with E-state index in [0.29, 0.717) is 29.9 Å². The molecule has 0 radical (unpaired) electrons. The largest absolute Gasteiger partial charge is 0.393 e. The van der Waals surface area contributed by atoms with Gasteiger partial charge in [0.25, 0.3) is 0 Å². The number of aliphatic hydroxyl groups excluding tert-OH is 1. The van der Waals surface area contributed by atoms with Crippen LogP contribution in [0.5, 0.6) is 0 Å². The van der Waals surface area contributed by atoms with Crippen molar-refractivity contribution in [1.29, 1.82) is 0 Å². The van der Waals surface area contributed by atoms with Crippen molar-refractivity contribution in [3.8, 4) is 22.6 Å². The molecule has 0 atom stereocenters. The Labute approximate surface area is 179 Å². The number of H-pyrrole nitrogens is 1. The van der Waals surface area contributed by atoms with Gasteiger partial charge in [0.05, 0.1) is 16.8 Å². The zero-order chi connectivity index (χ0) is 21.5. The number of aliphatic hydroxyl groups is 1. The van der Waals surface area contributed by atoms with Gasteiger partial charge >= 0.3 is 0 Å². The lowest BCUT2D eigenvalue weighted by Crippen LogP contribution is -2.40. The van der Waals surface area contributed by atoms with E-state index in [1.807, 2.05) is 0 Å². The van der Waals surface area contributed by atoms with Crippen LogP contribution in [0.1, 0.15) is 18.4 Å². The average Bonchev–Trinajstić information content (AvgIpc) is 3.18. The third kappa shape index (κ3) is 4.00. The van der Waals surface area contributed by atoms with Crippen molar-refractivity contribution in [2.45, 2.75) is 30.8 Å². The molecule has 158 valence electrons. The van der Waals surface area contributed by atoms with Crippen LogP contribution in [-0.4, -0.2) is 47.0 Å². The number of nitrogens with zero attached hydrogens (tertiary/aromatic N) is 2. The minimum atomic E-state index is -3.80. The molecule has 2 aromatic carbocycles. The molecule has 1 saturated heterocycles. The first-order valence-electron chi connectivity index (χ1n) is 9.56. The number of hydrogen-bond acceptors (Lipinski definition) is 4. The van der Waals surface area contributed by atoms with Gasteiger partial charge in [0.2, 0.25) is 10.0 Å². The van der Waals surface area contributed by atoms with Crippen molar-refractivity contribution >= 4 is 21.6 Å². The van der Waals surface area contributed by atoms with Gasteiger partial charge < -0.3 is 10.1 Å². The lowest BCUT2D eigenvalue weighted by molar-refractivity contribution is 0.113. The highest BCUT2D eigenvalue weighted by atomic mass is 35.5. The van der Waals surface area contributed by atoms with Gasteiger partial charge in [-0.3, -0.25) is 0 Å². The van der Waals surface area contributed by atoms with Crippen molar-refractivity contribution in [3.63, 3.8) is 0 Å². The van der Waals surface area contributed by atoms with Crippen LogP contribution in [0.15, 0.2) is 47.5 Å². The highest BCUT2D eigenvalue weighted by Gasteiger charge is 2.30. The summed E-state index contributed by atoms with van der Waals surface area (Å²) >= 11 is 6.23. The number of aromatic amines is 1. The molecule has 1 aromatic heterocycles. The summed E-state index contributed by atoms with van der Waals surface area (Å²) in [4.78, 5) is 7.62. The average molecular weight is 450 g/mol. The molecule has 3 aromatic rings. The second kappa shape index (κ2) is 8.11. The van der Waals surface area contributed by atoms with E-state index in [1.165, 1.54) is 28.6 Å². The summed E-state index contributed by atoms with van der Waals surface area (Å²) in [7, 11) is -3.80. The molecule has 0 bridgehead atoms. The Morgan fingerprint density at radius 1 is 1.20 bits per heavy atom. The number of aryl methyl sites for hydroxylation is 1. The van der Waals surface area contributed by atoms with E-state index in [-0.39, 0.29) is 28.8 Å². The first-order chi connectivity index (χ1) is 14.3. The first kappa shape index (κ1) is 21.0. The number of rotatable bonds is 4. The Morgan fingerprint density at radius 2 is 1.93 bits per heavy atom. The SMILES string of the molecule is Cc1cc(F)ccc1-c1c[nH]c(-c2ccc(Cl)c(S(=O)(=O)N3CCC(O)CC3)c2)n1. The van der Waals surface area contributed by atoms with Crippen molar-refractivity contribution in [1.82, 2.24) is 14.3 Å². The summed E-state index contributed by atoms with van der Waals surface area (Å²) in [5, 5.41) is 9.79. The maximum absolute atomic E-state index is 13.4. The van der Waals surface area contributed by atoms with Gasteiger partial charge in [-0.05, 0) is 61.7 Å². The van der Waals surface area contributed by atoms with Gasteiger partial charge in [-0.25, -0.2) is 17.8 Å². The van der Waals surface area contributed by atoms with Gasteiger partial charge in [-0.15, -0.1) is 0 Å². The summed E-state index contributed by atoms with van der Waals surface area (Å²) in [6.45, 7) is 2.30. The predicted molar refractivity (Wildman–Crippen MR) is 113 cm³/mol. The summed E-state index contributed by atoms with van der Waals surface area (Å²) in [5.41, 5.74) is 2.74. The summed E-state index contributed by atoms with van der Waals surface area (Å²) in [6, 6.07) is 9.21. The molecule has 2 heterocycles. The number of aromatic nitrogens is 2. The van der Waals surface area contributed by atoms with E-state index < -0.39 is 16.1 Å². The normalized spacial score (nSPS) is 16.1. The van der Waals surface area contributed by atoms with E-state index >= 15 is 0 Å². The molecular formula is C21H21ClFN3O3S. The van der Waals surface area contributed by atoms with Crippen LogP contribution in [0.25, 0.3) is 22.6 Å². The van der Waals surface area contributed by atoms with E-state index in [9.17, 15) is 17.9 Å². The Hall–Kier alpha value is -2.26. The fourth-order valence-corrected chi connectivity index (χ4v) is 5.56. The van der Waals surface area contributed by atoms with Crippen molar-refractivity contribution in [3.05, 3.63) is 59.0 Å². The molecule has 2 N–H and O–H groups in total. The molecule has 1 aliphatic rings. The van der Waals surface area contributed by atoms with Crippen LogP contribution in [0.2, 0.25) is 5.02 Å². The molecule has 1 fully saturated rings. The monoisotopic (exact) mass is 449 g/mol. The molecule has 0 unspecified atom stereocenters. The lowest BCUT2D eigenvalue weighted by Gasteiger charge is -2.29. The molecule has 0 saturated carbocycles. The molecule has 6 nitrogen and oxygen atoms in total. The minimum absolute atomic E-state index is 0.00830. The zero-order valence-electron chi connectivity index (χ0n) is 16.3. The fourth-order valence-electron chi connectivity index (χ4n) is 3.59. The van der Waals surface area contributed by atoms with Crippen LogP contribution in [0.4, 0.5) is 4.39 Å². The summed E-state index contributed by atoms with van der Waals surface area (Å²) in [6.07, 6.45) is 2.02. The maximum Gasteiger partial charge on any atom is 0.244 e. The number of benzene rings is 2. The maximum atomic E-state index is 13.4. The second-order valence-corrected chi connectivity index (χ2v) is 9.69. The van der Waals surface area contributed by atoms with Gasteiger partial charge in [-0.2, -0.15) is 4.31 Å². The highest BCUT2D eigenvalue weighted by Crippen LogP contribution is 2.32. The minimum Gasteiger partial charge on any atom is -0.393 e. The molecule has 0 aliphatic carbocycles. The van der Waals surface area contributed by atoms with Gasteiger partial charge in [0.1, 0.15) is 16.5 Å². The molecule has 9 heteroatoms. The number of sulfonamides is 1. The summed E-state index contributed by atoms with van der Waals surface area (Å²) in [5.74, 6) is 0.167. The fraction of sp³-hybridized carbons (Fsp3) is 0.286. The Balaban J connectivity index is 1.68. The highest BCUT2D eigenvalue weighted by molar-refractivity contribution is 7.89. The number of hydrogen-bond donors (Lipinski definition) is 2. The quantitative estimate of drug-likeness (QED) is 0.630.